The van der Waals surface area contributed by atoms with E-state index in [0.717, 1.165) is 52.7 Å². The van der Waals surface area contributed by atoms with Gasteiger partial charge in [-0.3, -0.25) is 5.10 Å². The number of anilines is 1. The summed E-state index contributed by atoms with van der Waals surface area (Å²) in [5, 5.41) is 36.1. The average molecular weight is 470 g/mol. The maximum Gasteiger partial charge on any atom is 0.146 e. The maximum absolute atomic E-state index is 9.83. The molecule has 5 rings (SSSR count). The maximum atomic E-state index is 9.83. The van der Waals surface area contributed by atoms with E-state index < -0.39 is 0 Å². The number of aromatic amines is 1. The van der Waals surface area contributed by atoms with Crippen LogP contribution in [0, 0.1) is 25.2 Å². The number of aryl methyl sites for hydroxylation is 2. The van der Waals surface area contributed by atoms with Crippen LogP contribution in [-0.2, 0) is 0 Å². The zero-order valence-corrected chi connectivity index (χ0v) is 20.0. The minimum atomic E-state index is -0.204. The van der Waals surface area contributed by atoms with E-state index in [1.54, 1.807) is 12.4 Å². The summed E-state index contributed by atoms with van der Waals surface area (Å²) >= 11 is 0. The minimum absolute atomic E-state index is 0.00349. The highest BCUT2D eigenvalue weighted by Gasteiger charge is 2.27. The van der Waals surface area contributed by atoms with E-state index in [4.69, 9.17) is 4.74 Å². The Morgan fingerprint density at radius 1 is 1.29 bits per heavy atom. The van der Waals surface area contributed by atoms with E-state index in [1.165, 1.54) is 0 Å². The van der Waals surface area contributed by atoms with Crippen molar-refractivity contribution in [3.05, 3.63) is 59.0 Å². The number of pyridine rings is 1. The largest absolute Gasteiger partial charge is 0.486 e. The van der Waals surface area contributed by atoms with Gasteiger partial charge in [0.15, 0.2) is 0 Å². The van der Waals surface area contributed by atoms with Crippen molar-refractivity contribution in [1.29, 1.82) is 5.26 Å². The molecule has 0 spiro atoms. The third-order valence-electron chi connectivity index (χ3n) is 6.65. The third kappa shape index (κ3) is 4.17. The van der Waals surface area contributed by atoms with Crippen molar-refractivity contribution in [2.45, 2.75) is 45.8 Å². The van der Waals surface area contributed by atoms with Crippen molar-refractivity contribution in [1.82, 2.24) is 25.4 Å². The van der Waals surface area contributed by atoms with Gasteiger partial charge in [0.25, 0.3) is 0 Å². The fourth-order valence-corrected chi connectivity index (χ4v) is 4.98. The molecule has 9 nitrogen and oxygen atoms in total. The lowest BCUT2D eigenvalue weighted by Crippen LogP contribution is -2.33. The average Bonchev–Trinajstić information content (AvgIpc) is 3.50. The van der Waals surface area contributed by atoms with Crippen molar-refractivity contribution < 1.29 is 9.84 Å². The fourth-order valence-electron chi connectivity index (χ4n) is 4.98. The summed E-state index contributed by atoms with van der Waals surface area (Å²) in [6.07, 6.45) is 5.14. The van der Waals surface area contributed by atoms with Crippen molar-refractivity contribution in [3.8, 4) is 23.1 Å². The number of nitriles is 1. The van der Waals surface area contributed by atoms with Crippen LogP contribution in [0.1, 0.15) is 48.3 Å². The highest BCUT2D eigenvalue weighted by molar-refractivity contribution is 5.94. The lowest BCUT2D eigenvalue weighted by molar-refractivity contribution is 0.225. The molecule has 2 atom stereocenters. The Hall–Kier alpha value is -4.03. The van der Waals surface area contributed by atoms with Gasteiger partial charge in [-0.05, 0) is 63.4 Å². The van der Waals surface area contributed by atoms with Crippen LogP contribution in [0.3, 0.4) is 0 Å². The molecule has 0 saturated carbocycles. The Bertz CT molecular complexity index is 1400. The number of hydrogen-bond donors (Lipinski definition) is 2. The molecule has 1 aliphatic rings. The molecule has 3 aromatic heterocycles. The SMILES string of the molecule is Cc1cnnc(C)c1[C@@H](C)Oc1ccc2[nH]nc(-c3cnc(N4CCCC4CO)c(C#N)c3)c2c1. The first-order chi connectivity index (χ1) is 17.0. The second kappa shape index (κ2) is 9.31. The second-order valence-electron chi connectivity index (χ2n) is 8.95. The van der Waals surface area contributed by atoms with Crippen LogP contribution in [0.15, 0.2) is 36.7 Å². The molecule has 178 valence electrons. The summed E-state index contributed by atoms with van der Waals surface area (Å²) in [5.74, 6) is 1.32. The number of aliphatic hydroxyl groups is 1. The van der Waals surface area contributed by atoms with Crippen molar-refractivity contribution in [2.24, 2.45) is 0 Å². The third-order valence-corrected chi connectivity index (χ3v) is 6.65. The first-order valence-electron chi connectivity index (χ1n) is 11.7. The van der Waals surface area contributed by atoms with E-state index in [2.05, 4.69) is 31.4 Å². The molecule has 2 N–H and O–H groups in total. The van der Waals surface area contributed by atoms with Crippen LogP contribution in [0.25, 0.3) is 22.2 Å². The summed E-state index contributed by atoms with van der Waals surface area (Å²) in [4.78, 5) is 6.64. The van der Waals surface area contributed by atoms with E-state index in [-0.39, 0.29) is 18.8 Å². The molecule has 0 amide bonds. The predicted octanol–water partition coefficient (Wildman–Crippen LogP) is 4.00. The van der Waals surface area contributed by atoms with Crippen molar-refractivity contribution in [2.75, 3.05) is 18.1 Å². The summed E-state index contributed by atoms with van der Waals surface area (Å²) < 4.78 is 6.28. The van der Waals surface area contributed by atoms with Crippen molar-refractivity contribution in [3.63, 3.8) is 0 Å². The first-order valence-corrected chi connectivity index (χ1v) is 11.7. The zero-order valence-electron chi connectivity index (χ0n) is 20.0. The van der Waals surface area contributed by atoms with Gasteiger partial charge in [0.05, 0.1) is 35.6 Å². The number of hydrogen-bond acceptors (Lipinski definition) is 8. The number of rotatable bonds is 6. The molecule has 1 unspecified atom stereocenters. The molecule has 0 bridgehead atoms. The van der Waals surface area contributed by atoms with Crippen molar-refractivity contribution >= 4 is 16.7 Å². The Balaban J connectivity index is 1.48. The number of nitrogens with one attached hydrogen (secondary N) is 1. The molecule has 4 aromatic rings. The number of H-pyrrole nitrogens is 1. The molecule has 1 fully saturated rings. The summed E-state index contributed by atoms with van der Waals surface area (Å²) in [7, 11) is 0. The summed E-state index contributed by atoms with van der Waals surface area (Å²) in [6, 6.07) is 9.88. The van der Waals surface area contributed by atoms with E-state index in [0.29, 0.717) is 22.8 Å². The van der Waals surface area contributed by atoms with Crippen LogP contribution in [0.5, 0.6) is 5.75 Å². The van der Waals surface area contributed by atoms with E-state index in [9.17, 15) is 10.4 Å². The Kier molecular flexibility index (Phi) is 6.05. The summed E-state index contributed by atoms with van der Waals surface area (Å²) in [5.41, 5.74) is 5.68. The summed E-state index contributed by atoms with van der Waals surface area (Å²) in [6.45, 7) is 6.76. The Labute approximate surface area is 203 Å². The van der Waals surface area contributed by atoms with Gasteiger partial charge in [0, 0.05) is 29.3 Å². The second-order valence-corrected chi connectivity index (χ2v) is 8.95. The molecule has 1 aromatic carbocycles. The molecule has 1 aliphatic heterocycles. The van der Waals surface area contributed by atoms with Crippen LogP contribution >= 0.6 is 0 Å². The molecule has 35 heavy (non-hydrogen) atoms. The minimum Gasteiger partial charge on any atom is -0.486 e. The van der Waals surface area contributed by atoms with Gasteiger partial charge >= 0.3 is 0 Å². The van der Waals surface area contributed by atoms with Gasteiger partial charge in [-0.1, -0.05) is 0 Å². The van der Waals surface area contributed by atoms with E-state index in [1.807, 2.05) is 49.9 Å². The zero-order chi connectivity index (χ0) is 24.5. The topological polar surface area (TPSA) is 124 Å². The van der Waals surface area contributed by atoms with Gasteiger partial charge in [-0.2, -0.15) is 20.6 Å². The monoisotopic (exact) mass is 469 g/mol. The van der Waals surface area contributed by atoms with Crippen LogP contribution in [0.2, 0.25) is 0 Å². The van der Waals surface area contributed by atoms with E-state index >= 15 is 0 Å². The van der Waals surface area contributed by atoms with Gasteiger partial charge in [0.1, 0.15) is 29.4 Å². The molecular formula is C26H27N7O2. The number of benzene rings is 1. The fraction of sp³-hybridized carbons (Fsp3) is 0.346. The quantitative estimate of drug-likeness (QED) is 0.434. The van der Waals surface area contributed by atoms with Crippen LogP contribution in [0.4, 0.5) is 5.82 Å². The first kappa shape index (κ1) is 22.7. The smallest absolute Gasteiger partial charge is 0.146 e. The molecule has 0 aliphatic carbocycles. The van der Waals surface area contributed by atoms with Crippen LogP contribution < -0.4 is 9.64 Å². The van der Waals surface area contributed by atoms with Gasteiger partial charge in [-0.25, -0.2) is 4.98 Å². The van der Waals surface area contributed by atoms with Gasteiger partial charge in [0.2, 0.25) is 0 Å². The lowest BCUT2D eigenvalue weighted by Gasteiger charge is -2.25. The van der Waals surface area contributed by atoms with Gasteiger partial charge < -0.3 is 14.7 Å². The highest BCUT2D eigenvalue weighted by atomic mass is 16.5. The van der Waals surface area contributed by atoms with Crippen LogP contribution in [-0.4, -0.2) is 49.7 Å². The molecule has 4 heterocycles. The Morgan fingerprint density at radius 2 is 2.14 bits per heavy atom. The number of nitrogens with zero attached hydrogens (tertiary/aromatic N) is 6. The normalized spacial score (nSPS) is 16.4. The van der Waals surface area contributed by atoms with Gasteiger partial charge in [-0.15, -0.1) is 0 Å². The molecule has 0 radical (unpaired) electrons. The standard InChI is InChI=1S/C26H27N7O2/c1-15-12-29-30-16(2)24(15)17(3)35-21-6-7-23-22(10-21)25(32-31-23)19-9-18(11-27)26(28-13-19)33-8-4-5-20(33)14-34/h6-7,9-10,12-13,17,20,34H,4-5,8,14H2,1-3H3,(H,31,32)/t17-,20?/m1/s1. The Morgan fingerprint density at radius 3 is 2.91 bits per heavy atom. The molecule has 9 heteroatoms. The predicted molar refractivity (Wildman–Crippen MR) is 132 cm³/mol. The molecular weight excluding hydrogens is 442 g/mol. The number of ether oxygens (including phenoxy) is 1. The number of aliphatic hydroxyl groups excluding tert-OH is 1. The molecule has 1 saturated heterocycles. The number of fused-ring (bicyclic) bond motifs is 1. The highest BCUT2D eigenvalue weighted by Crippen LogP contribution is 2.34. The lowest BCUT2D eigenvalue weighted by atomic mass is 10.0. The number of aromatic nitrogens is 5.